The third-order valence-electron chi connectivity index (χ3n) is 7.23. The van der Waals surface area contributed by atoms with Crippen LogP contribution in [-0.4, -0.2) is 102 Å². The maximum atomic E-state index is 12.0. The van der Waals surface area contributed by atoms with Gasteiger partial charge in [0.15, 0.2) is 5.84 Å². The molecule has 3 rings (SSSR count). The zero-order valence-corrected chi connectivity index (χ0v) is 23.1. The van der Waals surface area contributed by atoms with E-state index in [1.54, 1.807) is 7.05 Å². The van der Waals surface area contributed by atoms with E-state index in [-0.39, 0.29) is 24.9 Å². The van der Waals surface area contributed by atoms with E-state index in [4.69, 9.17) is 22.4 Å². The number of likely N-dealkylation sites (tertiary alicyclic amines) is 1. The fraction of sp³-hybridized carbons (Fsp3) is 0.593. The van der Waals surface area contributed by atoms with Gasteiger partial charge in [-0.15, -0.1) is 0 Å². The molecule has 10 heteroatoms. The lowest BCUT2D eigenvalue weighted by Crippen LogP contribution is -2.59. The van der Waals surface area contributed by atoms with Crippen molar-refractivity contribution >= 4 is 29.1 Å². The summed E-state index contributed by atoms with van der Waals surface area (Å²) >= 11 is 6.03. The third kappa shape index (κ3) is 8.53. The molecule has 37 heavy (non-hydrogen) atoms. The zero-order chi connectivity index (χ0) is 26.8. The molecule has 2 saturated heterocycles. The summed E-state index contributed by atoms with van der Waals surface area (Å²) in [6, 6.07) is 9.15. The van der Waals surface area contributed by atoms with E-state index in [1.165, 1.54) is 24.5 Å². The van der Waals surface area contributed by atoms with Gasteiger partial charge in [-0.25, -0.2) is 4.99 Å². The molecule has 2 fully saturated rings. The number of nitrogens with zero attached hydrogens (tertiary/aromatic N) is 5. The van der Waals surface area contributed by atoms with Gasteiger partial charge in [-0.3, -0.25) is 19.6 Å². The number of piperidine rings is 1. The van der Waals surface area contributed by atoms with E-state index in [0.29, 0.717) is 17.9 Å². The van der Waals surface area contributed by atoms with Crippen LogP contribution in [0.4, 0.5) is 0 Å². The maximum absolute atomic E-state index is 12.0. The molecule has 0 saturated carbocycles. The Kier molecular flexibility index (Phi) is 11.4. The molecule has 2 aliphatic rings. The van der Waals surface area contributed by atoms with E-state index in [0.717, 1.165) is 56.4 Å². The van der Waals surface area contributed by atoms with Crippen molar-refractivity contribution in [3.63, 3.8) is 0 Å². The normalized spacial score (nSPS) is 21.4. The zero-order valence-electron chi connectivity index (χ0n) is 22.4. The number of hydrogen-bond donors (Lipinski definition) is 3. The summed E-state index contributed by atoms with van der Waals surface area (Å²) in [7, 11) is 1.74. The summed E-state index contributed by atoms with van der Waals surface area (Å²) < 4.78 is 0. The molecule has 2 aliphatic heterocycles. The molecule has 1 aromatic rings. The molecule has 1 amide bonds. The second kappa shape index (κ2) is 14.5. The summed E-state index contributed by atoms with van der Waals surface area (Å²) in [5.74, 6) is 0.457. The number of halogens is 1. The number of benzene rings is 1. The molecule has 0 radical (unpaired) electrons. The van der Waals surface area contributed by atoms with Crippen molar-refractivity contribution in [2.24, 2.45) is 15.7 Å². The van der Waals surface area contributed by atoms with Crippen LogP contribution in [-0.2, 0) is 11.3 Å². The molecular weight excluding hydrogens is 490 g/mol. The first kappa shape index (κ1) is 29.1. The van der Waals surface area contributed by atoms with Crippen molar-refractivity contribution in [1.82, 2.24) is 20.0 Å². The number of aliphatic hydroxyl groups is 1. The van der Waals surface area contributed by atoms with Gasteiger partial charge in [-0.2, -0.15) is 0 Å². The molecular formula is C27H42ClN7O2. The number of piperazine rings is 1. The maximum Gasteiger partial charge on any atom is 0.247 e. The smallest absolute Gasteiger partial charge is 0.247 e. The van der Waals surface area contributed by atoms with E-state index in [1.807, 2.05) is 19.1 Å². The average molecular weight is 532 g/mol. The number of carbonyl (C=O) groups excluding carboxylic acids is 1. The molecule has 1 aromatic carbocycles. The number of aliphatic imine (C=N–C) groups is 2. The summed E-state index contributed by atoms with van der Waals surface area (Å²) in [5, 5.41) is 12.2. The van der Waals surface area contributed by atoms with Crippen molar-refractivity contribution in [3.05, 3.63) is 46.7 Å². The Labute approximate surface area is 226 Å². The van der Waals surface area contributed by atoms with Gasteiger partial charge in [-0.05, 0) is 57.0 Å². The minimum atomic E-state index is -0.376. The van der Waals surface area contributed by atoms with Crippen LogP contribution in [0.15, 0.2) is 46.1 Å². The highest BCUT2D eigenvalue weighted by atomic mass is 35.5. The first-order valence-electron chi connectivity index (χ1n) is 13.2. The van der Waals surface area contributed by atoms with Gasteiger partial charge < -0.3 is 21.1 Å². The van der Waals surface area contributed by atoms with E-state index in [2.05, 4.69) is 49.1 Å². The standard InChI is InChI=1S/C27H42ClN7O2/c1-4-23-19-34(27(20(2)30-3)32-25(29)17-26(37)31-11-16-36)14-15-35(23)24-9-12-33(13-10-24)18-21-5-7-22(28)8-6-21/h5-8,17,23-24,36H,4,9-16,18-19,29H2,1-3H3,(H,31,37)/b25-17+,30-20?,32-27+. The molecule has 204 valence electrons. The lowest BCUT2D eigenvalue weighted by atomic mass is 9.97. The topological polar surface area (TPSA) is 110 Å². The van der Waals surface area contributed by atoms with Crippen molar-refractivity contribution < 1.29 is 9.90 Å². The molecule has 2 heterocycles. The van der Waals surface area contributed by atoms with Gasteiger partial charge in [-0.1, -0.05) is 30.7 Å². The highest BCUT2D eigenvalue weighted by Crippen LogP contribution is 2.25. The van der Waals surface area contributed by atoms with Crippen molar-refractivity contribution in [2.45, 2.75) is 51.7 Å². The number of carbonyl (C=O) groups is 1. The largest absolute Gasteiger partial charge is 0.395 e. The monoisotopic (exact) mass is 531 g/mol. The number of nitrogens with one attached hydrogen (secondary N) is 1. The van der Waals surface area contributed by atoms with Gasteiger partial charge in [0.1, 0.15) is 5.82 Å². The van der Waals surface area contributed by atoms with Crippen LogP contribution in [0, 0.1) is 0 Å². The lowest BCUT2D eigenvalue weighted by Gasteiger charge is -2.48. The van der Waals surface area contributed by atoms with Gasteiger partial charge in [0, 0.05) is 63.0 Å². The van der Waals surface area contributed by atoms with Crippen LogP contribution in [0.3, 0.4) is 0 Å². The fourth-order valence-corrected chi connectivity index (χ4v) is 5.29. The summed E-state index contributed by atoms with van der Waals surface area (Å²) in [5.41, 5.74) is 8.17. The van der Waals surface area contributed by atoms with Crippen molar-refractivity contribution in [2.75, 3.05) is 52.9 Å². The summed E-state index contributed by atoms with van der Waals surface area (Å²) in [6.45, 7) is 10.0. The number of amides is 1. The molecule has 4 N–H and O–H groups in total. The lowest BCUT2D eigenvalue weighted by molar-refractivity contribution is -0.116. The minimum Gasteiger partial charge on any atom is -0.395 e. The number of amidine groups is 1. The average Bonchev–Trinajstić information content (AvgIpc) is 2.91. The molecule has 0 spiro atoms. The van der Waals surface area contributed by atoms with E-state index in [9.17, 15) is 4.79 Å². The SMILES string of the molecule is CCC1CN(/C(=N/C(N)=C/C(=O)NCCO)C(C)=NC)CCN1C1CCN(Cc2ccc(Cl)cc2)CC1. The van der Waals surface area contributed by atoms with Crippen LogP contribution in [0.1, 0.15) is 38.7 Å². The number of rotatable bonds is 9. The Hall–Kier alpha value is -2.46. The molecule has 1 unspecified atom stereocenters. The first-order valence-corrected chi connectivity index (χ1v) is 13.6. The highest BCUT2D eigenvalue weighted by molar-refractivity contribution is 6.40. The van der Waals surface area contributed by atoms with E-state index < -0.39 is 0 Å². The first-order chi connectivity index (χ1) is 17.8. The van der Waals surface area contributed by atoms with E-state index >= 15 is 0 Å². The predicted octanol–water partition coefficient (Wildman–Crippen LogP) is 2.10. The summed E-state index contributed by atoms with van der Waals surface area (Å²) in [4.78, 5) is 28.4. The number of aliphatic hydroxyl groups excluding tert-OH is 1. The Bertz CT molecular complexity index is 971. The van der Waals surface area contributed by atoms with Crippen LogP contribution in [0.5, 0.6) is 0 Å². The Balaban J connectivity index is 1.61. The molecule has 0 bridgehead atoms. The molecule has 0 aliphatic carbocycles. The third-order valence-corrected chi connectivity index (χ3v) is 7.48. The van der Waals surface area contributed by atoms with Crippen molar-refractivity contribution in [1.29, 1.82) is 0 Å². The van der Waals surface area contributed by atoms with Crippen molar-refractivity contribution in [3.8, 4) is 0 Å². The summed E-state index contributed by atoms with van der Waals surface area (Å²) in [6.07, 6.45) is 4.63. The Morgan fingerprint density at radius 2 is 1.92 bits per heavy atom. The van der Waals surface area contributed by atoms with Crippen LogP contribution in [0.2, 0.25) is 5.02 Å². The minimum absolute atomic E-state index is 0.122. The molecule has 1 atom stereocenters. The number of hydrogen-bond acceptors (Lipinski definition) is 7. The quantitative estimate of drug-likeness (QED) is 0.256. The molecule has 0 aromatic heterocycles. The van der Waals surface area contributed by atoms with Gasteiger partial charge in [0.2, 0.25) is 5.91 Å². The van der Waals surface area contributed by atoms with Crippen LogP contribution >= 0.6 is 11.6 Å². The predicted molar refractivity (Wildman–Crippen MR) is 151 cm³/mol. The fourth-order valence-electron chi connectivity index (χ4n) is 5.16. The van der Waals surface area contributed by atoms with Crippen LogP contribution in [0.25, 0.3) is 0 Å². The van der Waals surface area contributed by atoms with Gasteiger partial charge in [0.25, 0.3) is 0 Å². The second-order valence-corrected chi connectivity index (χ2v) is 10.1. The van der Waals surface area contributed by atoms with Gasteiger partial charge in [0.05, 0.1) is 12.3 Å². The van der Waals surface area contributed by atoms with Crippen LogP contribution < -0.4 is 11.1 Å². The van der Waals surface area contributed by atoms with Gasteiger partial charge >= 0.3 is 0 Å². The Morgan fingerprint density at radius 3 is 2.54 bits per heavy atom. The number of nitrogens with two attached hydrogens (primary N) is 1. The second-order valence-electron chi connectivity index (χ2n) is 9.71. The molecule has 9 nitrogen and oxygen atoms in total. The Morgan fingerprint density at radius 1 is 1.22 bits per heavy atom. The highest BCUT2D eigenvalue weighted by Gasteiger charge is 2.34.